The molecule has 0 spiro atoms. The quantitative estimate of drug-likeness (QED) is 0.611. The number of anilines is 1. The fraction of sp³-hybridized carbons (Fsp3) is 0.417. The highest BCUT2D eigenvalue weighted by atomic mass is 19.1. The van der Waals surface area contributed by atoms with Crippen LogP contribution in [-0.2, 0) is 0 Å². The van der Waals surface area contributed by atoms with E-state index in [1.807, 2.05) is 0 Å². The van der Waals surface area contributed by atoms with Gasteiger partial charge in [0.1, 0.15) is 5.82 Å². The summed E-state index contributed by atoms with van der Waals surface area (Å²) < 4.78 is 13.3. The van der Waals surface area contributed by atoms with Gasteiger partial charge in [0.15, 0.2) is 5.78 Å². The largest absolute Gasteiger partial charge is 0.399 e. The highest BCUT2D eigenvalue weighted by Crippen LogP contribution is 2.31. The smallest absolute Gasteiger partial charge is 0.166 e. The van der Waals surface area contributed by atoms with Gasteiger partial charge in [-0.2, -0.15) is 0 Å². The van der Waals surface area contributed by atoms with Gasteiger partial charge in [0.2, 0.25) is 0 Å². The number of benzene rings is 1. The lowest BCUT2D eigenvalue weighted by molar-refractivity contribution is 0.0932. The molecular weight excluding hydrogens is 193 g/mol. The van der Waals surface area contributed by atoms with Gasteiger partial charge in [-0.3, -0.25) is 4.79 Å². The van der Waals surface area contributed by atoms with Crippen LogP contribution in [0.4, 0.5) is 10.1 Å². The van der Waals surface area contributed by atoms with Crippen molar-refractivity contribution in [2.45, 2.75) is 25.7 Å². The number of hydrogen-bond donors (Lipinski definition) is 1. The van der Waals surface area contributed by atoms with Crippen LogP contribution in [0.15, 0.2) is 18.2 Å². The van der Waals surface area contributed by atoms with E-state index in [9.17, 15) is 9.18 Å². The summed E-state index contributed by atoms with van der Waals surface area (Å²) in [5.41, 5.74) is 6.10. The Bertz CT molecular complexity index is 385. The van der Waals surface area contributed by atoms with Crippen molar-refractivity contribution in [3.05, 3.63) is 29.6 Å². The number of ketones is 1. The summed E-state index contributed by atoms with van der Waals surface area (Å²) in [6.07, 6.45) is 3.84. The van der Waals surface area contributed by atoms with Crippen molar-refractivity contribution in [3.8, 4) is 0 Å². The highest BCUT2D eigenvalue weighted by molar-refractivity contribution is 5.97. The molecule has 0 radical (unpaired) electrons. The van der Waals surface area contributed by atoms with Gasteiger partial charge in [0.25, 0.3) is 0 Å². The van der Waals surface area contributed by atoms with E-state index in [1.165, 1.54) is 24.6 Å². The lowest BCUT2D eigenvalue weighted by Crippen LogP contribution is -2.16. The number of carbonyl (C=O) groups excluding carboxylic acids is 1. The molecular formula is C12H14FNO. The minimum atomic E-state index is -0.464. The molecule has 15 heavy (non-hydrogen) atoms. The predicted octanol–water partition coefficient (Wildman–Crippen LogP) is 2.78. The molecule has 2 nitrogen and oxygen atoms in total. The third-order valence-corrected chi connectivity index (χ3v) is 2.99. The fourth-order valence-corrected chi connectivity index (χ4v) is 1.83. The second-order valence-corrected chi connectivity index (χ2v) is 4.16. The van der Waals surface area contributed by atoms with Crippen molar-refractivity contribution in [1.82, 2.24) is 0 Å². The number of carbonyl (C=O) groups is 1. The molecule has 0 bridgehead atoms. The summed E-state index contributed by atoms with van der Waals surface area (Å²) in [5, 5.41) is 0. The molecule has 1 aliphatic rings. The minimum Gasteiger partial charge on any atom is -0.399 e. The van der Waals surface area contributed by atoms with Crippen LogP contribution < -0.4 is 5.73 Å². The second kappa shape index (κ2) is 4.01. The van der Waals surface area contributed by atoms with E-state index in [0.29, 0.717) is 18.0 Å². The summed E-state index contributed by atoms with van der Waals surface area (Å²) in [6, 6.07) is 4.15. The van der Waals surface area contributed by atoms with E-state index in [2.05, 4.69) is 0 Å². The van der Waals surface area contributed by atoms with Gasteiger partial charge < -0.3 is 5.73 Å². The van der Waals surface area contributed by atoms with Crippen LogP contribution >= 0.6 is 0 Å². The summed E-state index contributed by atoms with van der Waals surface area (Å²) >= 11 is 0. The topological polar surface area (TPSA) is 43.1 Å². The Morgan fingerprint density at radius 1 is 1.47 bits per heavy atom. The molecule has 0 atom stereocenters. The first kappa shape index (κ1) is 10.1. The maximum atomic E-state index is 13.3. The van der Waals surface area contributed by atoms with Crippen molar-refractivity contribution in [1.29, 1.82) is 0 Å². The van der Waals surface area contributed by atoms with Crippen LogP contribution in [0.1, 0.15) is 36.0 Å². The molecule has 1 aliphatic carbocycles. The molecule has 1 aromatic carbocycles. The zero-order valence-corrected chi connectivity index (χ0v) is 8.50. The molecule has 0 saturated heterocycles. The highest BCUT2D eigenvalue weighted by Gasteiger charge is 2.22. The third-order valence-electron chi connectivity index (χ3n) is 2.99. The molecule has 80 valence electrons. The number of nitrogens with two attached hydrogens (primary N) is 1. The number of halogens is 1. The Hall–Kier alpha value is -1.38. The molecule has 0 amide bonds. The second-order valence-electron chi connectivity index (χ2n) is 4.16. The zero-order valence-electron chi connectivity index (χ0n) is 8.50. The van der Waals surface area contributed by atoms with Crippen LogP contribution in [0.25, 0.3) is 0 Å². The minimum absolute atomic E-state index is 0.121. The molecule has 0 unspecified atom stereocenters. The Labute approximate surface area is 88.3 Å². The van der Waals surface area contributed by atoms with Gasteiger partial charge in [-0.25, -0.2) is 4.39 Å². The van der Waals surface area contributed by atoms with E-state index in [-0.39, 0.29) is 11.3 Å². The van der Waals surface area contributed by atoms with Gasteiger partial charge >= 0.3 is 0 Å². The molecule has 2 rings (SSSR count). The fourth-order valence-electron chi connectivity index (χ4n) is 1.83. The van der Waals surface area contributed by atoms with Crippen LogP contribution in [0.3, 0.4) is 0 Å². The summed E-state index contributed by atoms with van der Waals surface area (Å²) in [4.78, 5) is 11.7. The van der Waals surface area contributed by atoms with Gasteiger partial charge in [0.05, 0.1) is 5.56 Å². The molecule has 2 N–H and O–H groups in total. The Morgan fingerprint density at radius 2 is 2.20 bits per heavy atom. The first-order chi connectivity index (χ1) is 7.16. The Balaban J connectivity index is 2.12. The van der Waals surface area contributed by atoms with Gasteiger partial charge in [-0.05, 0) is 24.1 Å². The number of hydrogen-bond acceptors (Lipinski definition) is 2. The van der Waals surface area contributed by atoms with Crippen molar-refractivity contribution in [2.24, 2.45) is 5.92 Å². The maximum absolute atomic E-state index is 13.3. The lowest BCUT2D eigenvalue weighted by Gasteiger charge is -2.24. The third kappa shape index (κ3) is 2.17. The zero-order chi connectivity index (χ0) is 10.8. The van der Waals surface area contributed by atoms with Crippen LogP contribution in [-0.4, -0.2) is 5.78 Å². The number of rotatable bonds is 3. The van der Waals surface area contributed by atoms with Crippen LogP contribution in [0.2, 0.25) is 0 Å². The van der Waals surface area contributed by atoms with Gasteiger partial charge in [0, 0.05) is 12.1 Å². The molecule has 1 fully saturated rings. The van der Waals surface area contributed by atoms with E-state index < -0.39 is 5.82 Å². The van der Waals surface area contributed by atoms with Crippen molar-refractivity contribution in [2.75, 3.05) is 5.73 Å². The molecule has 0 heterocycles. The van der Waals surface area contributed by atoms with E-state index in [1.54, 1.807) is 0 Å². The van der Waals surface area contributed by atoms with E-state index >= 15 is 0 Å². The SMILES string of the molecule is Nc1ccc(F)c(C(=O)CC2CCC2)c1. The summed E-state index contributed by atoms with van der Waals surface area (Å²) in [7, 11) is 0. The average molecular weight is 207 g/mol. The Morgan fingerprint density at radius 3 is 2.80 bits per heavy atom. The molecule has 3 heteroatoms. The molecule has 0 aliphatic heterocycles. The normalized spacial score (nSPS) is 16.1. The first-order valence-corrected chi connectivity index (χ1v) is 5.25. The molecule has 1 saturated carbocycles. The number of Topliss-reactive ketones (excluding diaryl/α,β-unsaturated/α-hetero) is 1. The van der Waals surface area contributed by atoms with Gasteiger partial charge in [-0.15, -0.1) is 0 Å². The number of nitrogen functional groups attached to an aromatic ring is 1. The van der Waals surface area contributed by atoms with Crippen molar-refractivity contribution in [3.63, 3.8) is 0 Å². The van der Waals surface area contributed by atoms with Gasteiger partial charge in [-0.1, -0.05) is 19.3 Å². The van der Waals surface area contributed by atoms with E-state index in [4.69, 9.17) is 5.73 Å². The predicted molar refractivity (Wildman–Crippen MR) is 57.1 cm³/mol. The maximum Gasteiger partial charge on any atom is 0.166 e. The van der Waals surface area contributed by atoms with Crippen LogP contribution in [0, 0.1) is 11.7 Å². The Kier molecular flexibility index (Phi) is 2.71. The summed E-state index contributed by atoms with van der Waals surface area (Å²) in [5.74, 6) is -0.128. The van der Waals surface area contributed by atoms with Crippen LogP contribution in [0.5, 0.6) is 0 Å². The van der Waals surface area contributed by atoms with E-state index in [0.717, 1.165) is 12.8 Å². The van der Waals surface area contributed by atoms with Crippen molar-refractivity contribution < 1.29 is 9.18 Å². The molecule has 1 aromatic rings. The average Bonchev–Trinajstić information content (AvgIpc) is 2.15. The standard InChI is InChI=1S/C12H14FNO/c13-11-5-4-9(14)7-10(11)12(15)6-8-2-1-3-8/h4-5,7-8H,1-3,6,14H2. The van der Waals surface area contributed by atoms with Crippen molar-refractivity contribution >= 4 is 11.5 Å². The molecule has 0 aromatic heterocycles. The first-order valence-electron chi connectivity index (χ1n) is 5.25. The lowest BCUT2D eigenvalue weighted by atomic mass is 9.81. The monoisotopic (exact) mass is 207 g/mol. The summed E-state index contributed by atoms with van der Waals surface area (Å²) in [6.45, 7) is 0.